The fraction of sp³-hybridized carbons (Fsp3) is 0.276. The monoisotopic (exact) mass is 591 g/mol. The molecule has 1 amide bonds. The molecule has 210 valence electrons. The van der Waals surface area contributed by atoms with Crippen molar-refractivity contribution in [3.05, 3.63) is 86.0 Å². The first-order valence-electron chi connectivity index (χ1n) is 12.7. The summed E-state index contributed by atoms with van der Waals surface area (Å²) in [5, 5.41) is 13.1. The SMILES string of the molecule is Cc1cc([C@@H](C)Nc2ccc(Cl)nc2C(=O)NS(C)(=O)=O)c2oc(-c3ccc(C4(C#N)CC4)nc3)c(C)c(=O)c2c1. The van der Waals surface area contributed by atoms with Gasteiger partial charge in [0.1, 0.15) is 16.5 Å². The van der Waals surface area contributed by atoms with E-state index in [1.807, 2.05) is 24.6 Å². The van der Waals surface area contributed by atoms with Gasteiger partial charge in [-0.2, -0.15) is 5.26 Å². The van der Waals surface area contributed by atoms with Crippen molar-refractivity contribution in [1.29, 1.82) is 5.26 Å². The Labute approximate surface area is 241 Å². The number of anilines is 1. The predicted molar refractivity (Wildman–Crippen MR) is 155 cm³/mol. The van der Waals surface area contributed by atoms with Crippen molar-refractivity contribution in [2.45, 2.75) is 45.1 Å². The van der Waals surface area contributed by atoms with Gasteiger partial charge in [0.15, 0.2) is 11.1 Å². The third-order valence-electron chi connectivity index (χ3n) is 7.06. The number of rotatable bonds is 7. The quantitative estimate of drug-likeness (QED) is 0.284. The maximum atomic E-state index is 13.5. The van der Waals surface area contributed by atoms with E-state index in [1.54, 1.807) is 31.3 Å². The van der Waals surface area contributed by atoms with Crippen LogP contribution in [0, 0.1) is 25.2 Å². The molecule has 10 nitrogen and oxygen atoms in total. The highest BCUT2D eigenvalue weighted by atomic mass is 35.5. The number of hydrogen-bond acceptors (Lipinski definition) is 9. The van der Waals surface area contributed by atoms with Gasteiger partial charge in [0.2, 0.25) is 10.0 Å². The topological polar surface area (TPSA) is 155 Å². The fourth-order valence-electron chi connectivity index (χ4n) is 4.78. The summed E-state index contributed by atoms with van der Waals surface area (Å²) < 4.78 is 31.6. The molecule has 3 aromatic heterocycles. The molecule has 0 bridgehead atoms. The van der Waals surface area contributed by atoms with Gasteiger partial charge in [-0.1, -0.05) is 17.7 Å². The number of hydrogen-bond donors (Lipinski definition) is 2. The molecule has 0 spiro atoms. The van der Waals surface area contributed by atoms with Crippen LogP contribution in [0.1, 0.15) is 58.7 Å². The highest BCUT2D eigenvalue weighted by Gasteiger charge is 2.46. The first-order chi connectivity index (χ1) is 19.3. The number of carbonyl (C=O) groups is 1. The number of benzene rings is 1. The number of nitriles is 1. The number of nitrogens with one attached hydrogen (secondary N) is 2. The van der Waals surface area contributed by atoms with E-state index in [2.05, 4.69) is 21.4 Å². The second-order valence-electron chi connectivity index (χ2n) is 10.3. The third-order valence-corrected chi connectivity index (χ3v) is 7.83. The molecule has 4 aromatic rings. The van der Waals surface area contributed by atoms with Gasteiger partial charge in [0.05, 0.1) is 40.5 Å². The minimum absolute atomic E-state index is 0.0102. The van der Waals surface area contributed by atoms with E-state index >= 15 is 0 Å². The van der Waals surface area contributed by atoms with Crippen LogP contribution in [0.25, 0.3) is 22.3 Å². The van der Waals surface area contributed by atoms with Crippen molar-refractivity contribution in [3.8, 4) is 17.4 Å². The molecule has 2 N–H and O–H groups in total. The minimum Gasteiger partial charge on any atom is -0.455 e. The number of aryl methyl sites for hydroxylation is 1. The normalized spacial score (nSPS) is 14.7. The zero-order valence-corrected chi connectivity index (χ0v) is 24.3. The Morgan fingerprint density at radius 1 is 1.20 bits per heavy atom. The second-order valence-corrected chi connectivity index (χ2v) is 12.5. The van der Waals surface area contributed by atoms with E-state index in [0.717, 1.165) is 24.7 Å². The van der Waals surface area contributed by atoms with Gasteiger partial charge in [-0.05, 0) is 69.5 Å². The van der Waals surface area contributed by atoms with Crippen molar-refractivity contribution >= 4 is 44.2 Å². The number of halogens is 1. The van der Waals surface area contributed by atoms with E-state index in [4.69, 9.17) is 16.0 Å². The average Bonchev–Trinajstić information content (AvgIpc) is 3.72. The molecule has 1 aliphatic rings. The Morgan fingerprint density at radius 3 is 2.54 bits per heavy atom. The molecule has 1 aromatic carbocycles. The molecule has 1 fully saturated rings. The van der Waals surface area contributed by atoms with Crippen LogP contribution >= 0.6 is 11.6 Å². The Kier molecular flexibility index (Phi) is 7.09. The summed E-state index contributed by atoms with van der Waals surface area (Å²) in [6, 6.07) is 12.0. The summed E-state index contributed by atoms with van der Waals surface area (Å²) in [5.74, 6) is -0.578. The number of sulfonamides is 1. The summed E-state index contributed by atoms with van der Waals surface area (Å²) >= 11 is 6.00. The van der Waals surface area contributed by atoms with Crippen molar-refractivity contribution in [2.75, 3.05) is 11.6 Å². The zero-order valence-electron chi connectivity index (χ0n) is 22.7. The number of carbonyl (C=O) groups excluding carboxylic acids is 1. The largest absolute Gasteiger partial charge is 0.455 e. The van der Waals surface area contributed by atoms with Gasteiger partial charge < -0.3 is 9.73 Å². The van der Waals surface area contributed by atoms with Crippen molar-refractivity contribution in [2.24, 2.45) is 0 Å². The maximum Gasteiger partial charge on any atom is 0.285 e. The van der Waals surface area contributed by atoms with Gasteiger partial charge in [-0.25, -0.2) is 18.1 Å². The van der Waals surface area contributed by atoms with Gasteiger partial charge in [0.25, 0.3) is 5.91 Å². The standard InChI is InChI=1S/C29H26ClN5O5S/c1-15-11-19(17(3)33-21-6-8-23(30)34-24(21)28(37)35-41(4,38)39)27-20(12-15)25(36)16(2)26(40-27)18-5-7-22(32-13-18)29(14-31)9-10-29/h5-8,11-13,17,33H,9-10H2,1-4H3,(H,35,37)/t17-/m1/s1. The molecule has 0 radical (unpaired) electrons. The number of nitrogens with zero attached hydrogens (tertiary/aromatic N) is 3. The minimum atomic E-state index is -3.85. The van der Waals surface area contributed by atoms with Crippen LogP contribution in [0.15, 0.2) is 51.8 Å². The molecule has 5 rings (SSSR count). The lowest BCUT2D eigenvalue weighted by Crippen LogP contribution is -2.31. The highest BCUT2D eigenvalue weighted by Crippen LogP contribution is 2.46. The molecule has 41 heavy (non-hydrogen) atoms. The van der Waals surface area contributed by atoms with E-state index < -0.39 is 27.4 Å². The van der Waals surface area contributed by atoms with E-state index in [1.165, 1.54) is 12.1 Å². The maximum absolute atomic E-state index is 13.5. The molecule has 1 aliphatic carbocycles. The molecule has 1 saturated carbocycles. The zero-order chi connectivity index (χ0) is 29.7. The van der Waals surface area contributed by atoms with Crippen LogP contribution in [-0.2, 0) is 15.4 Å². The number of fused-ring (bicyclic) bond motifs is 1. The Morgan fingerprint density at radius 2 is 1.93 bits per heavy atom. The van der Waals surface area contributed by atoms with E-state index in [9.17, 15) is 23.3 Å². The Hall–Kier alpha value is -4.27. The van der Waals surface area contributed by atoms with Gasteiger partial charge in [-0.15, -0.1) is 0 Å². The van der Waals surface area contributed by atoms with Gasteiger partial charge >= 0.3 is 0 Å². The highest BCUT2D eigenvalue weighted by molar-refractivity contribution is 7.89. The smallest absolute Gasteiger partial charge is 0.285 e. The van der Waals surface area contributed by atoms with Crippen LogP contribution in [-0.4, -0.2) is 30.5 Å². The number of aromatic nitrogens is 2. The van der Waals surface area contributed by atoms with Crippen molar-refractivity contribution < 1.29 is 17.6 Å². The molecule has 0 unspecified atom stereocenters. The van der Waals surface area contributed by atoms with Crippen molar-refractivity contribution in [1.82, 2.24) is 14.7 Å². The molecule has 0 aliphatic heterocycles. The van der Waals surface area contributed by atoms with Crippen LogP contribution in [0.3, 0.4) is 0 Å². The summed E-state index contributed by atoms with van der Waals surface area (Å²) in [4.78, 5) is 34.7. The summed E-state index contributed by atoms with van der Waals surface area (Å²) in [7, 11) is -3.85. The van der Waals surface area contributed by atoms with Gasteiger partial charge in [-0.3, -0.25) is 14.6 Å². The molecule has 0 saturated heterocycles. The average molecular weight is 592 g/mol. The summed E-state index contributed by atoms with van der Waals surface area (Å²) in [5.41, 5.74) is 2.84. The summed E-state index contributed by atoms with van der Waals surface area (Å²) in [6.45, 7) is 5.37. The van der Waals surface area contributed by atoms with Crippen LogP contribution in [0.2, 0.25) is 5.15 Å². The summed E-state index contributed by atoms with van der Waals surface area (Å²) in [6.07, 6.45) is 4.02. The molecule has 1 atom stereocenters. The number of amides is 1. The lowest BCUT2D eigenvalue weighted by atomic mass is 9.98. The van der Waals surface area contributed by atoms with Crippen LogP contribution in [0.4, 0.5) is 5.69 Å². The van der Waals surface area contributed by atoms with Crippen LogP contribution < -0.4 is 15.5 Å². The molecular weight excluding hydrogens is 566 g/mol. The first-order valence-corrected chi connectivity index (χ1v) is 15.0. The first kappa shape index (κ1) is 28.3. The predicted octanol–water partition coefficient (Wildman–Crippen LogP) is 4.94. The van der Waals surface area contributed by atoms with Gasteiger partial charge in [0, 0.05) is 22.9 Å². The Balaban J connectivity index is 1.58. The lowest BCUT2D eigenvalue weighted by molar-refractivity contribution is 0.0977. The third kappa shape index (κ3) is 5.53. The fourth-order valence-corrected chi connectivity index (χ4v) is 5.36. The second kappa shape index (κ2) is 10.3. The van der Waals surface area contributed by atoms with Crippen molar-refractivity contribution in [3.63, 3.8) is 0 Å². The lowest BCUT2D eigenvalue weighted by Gasteiger charge is -2.20. The van der Waals surface area contributed by atoms with E-state index in [0.29, 0.717) is 39.1 Å². The Bertz CT molecular complexity index is 1930. The molecule has 3 heterocycles. The number of pyridine rings is 2. The molecular formula is C29H26ClN5O5S. The van der Waals surface area contributed by atoms with E-state index in [-0.39, 0.29) is 22.0 Å². The van der Waals surface area contributed by atoms with Crippen LogP contribution in [0.5, 0.6) is 0 Å². The molecule has 12 heteroatoms.